The number of aromatic nitrogens is 2. The van der Waals surface area contributed by atoms with Gasteiger partial charge >= 0.3 is 0 Å². The number of aliphatic hydroxyl groups is 1. The van der Waals surface area contributed by atoms with E-state index in [0.717, 1.165) is 28.7 Å². The first-order valence-corrected chi connectivity index (χ1v) is 7.52. The Balaban J connectivity index is 2.13. The third-order valence-corrected chi connectivity index (χ3v) is 4.13. The molecule has 1 N–H and O–H groups in total. The number of aliphatic hydroxyl groups excluding tert-OH is 1. The third-order valence-electron chi connectivity index (χ3n) is 3.37. The topological polar surface area (TPSA) is 40.8 Å². The molecule has 5 heteroatoms. The molecule has 1 aromatic carbocycles. The van der Waals surface area contributed by atoms with Crippen molar-refractivity contribution >= 4 is 27.8 Å². The lowest BCUT2D eigenvalue weighted by molar-refractivity contribution is 0.276. The smallest absolute Gasteiger partial charge is 0.195 e. The molecular formula is C15H17N3OS. The number of nitrogens with zero attached hydrogens (tertiary/aromatic N) is 3. The zero-order valence-corrected chi connectivity index (χ0v) is 12.4. The van der Waals surface area contributed by atoms with Crippen LogP contribution in [0.3, 0.4) is 0 Å². The first kappa shape index (κ1) is 13.1. The quantitative estimate of drug-likeness (QED) is 0.800. The van der Waals surface area contributed by atoms with Crippen LogP contribution in [0.25, 0.3) is 4.96 Å². The molecule has 0 spiro atoms. The molecular weight excluding hydrogens is 270 g/mol. The van der Waals surface area contributed by atoms with Gasteiger partial charge in [0.2, 0.25) is 0 Å². The molecule has 2 aromatic heterocycles. The lowest BCUT2D eigenvalue weighted by Gasteiger charge is -2.22. The lowest BCUT2D eigenvalue weighted by atomic mass is 10.2. The molecule has 104 valence electrons. The molecule has 0 saturated heterocycles. The number of benzene rings is 1. The van der Waals surface area contributed by atoms with E-state index in [-0.39, 0.29) is 6.61 Å². The van der Waals surface area contributed by atoms with E-state index in [9.17, 15) is 5.11 Å². The molecule has 0 bridgehead atoms. The Labute approximate surface area is 121 Å². The Morgan fingerprint density at radius 2 is 2.25 bits per heavy atom. The number of imidazole rings is 1. The van der Waals surface area contributed by atoms with Crippen LogP contribution in [-0.4, -0.2) is 21.0 Å². The van der Waals surface area contributed by atoms with Crippen LogP contribution < -0.4 is 4.90 Å². The molecule has 2 heterocycles. The molecule has 3 aromatic rings. The molecule has 0 aliphatic heterocycles. The zero-order chi connectivity index (χ0) is 14.1. The number of hydrogen-bond donors (Lipinski definition) is 1. The number of thiazole rings is 1. The molecule has 3 rings (SSSR count). The van der Waals surface area contributed by atoms with Crippen LogP contribution >= 0.6 is 11.3 Å². The van der Waals surface area contributed by atoms with Crippen molar-refractivity contribution < 1.29 is 5.11 Å². The van der Waals surface area contributed by atoms with Crippen LogP contribution in [-0.2, 0) is 6.61 Å². The summed E-state index contributed by atoms with van der Waals surface area (Å²) < 4.78 is 1.96. The molecule has 0 fully saturated rings. The van der Waals surface area contributed by atoms with Gasteiger partial charge in [-0.3, -0.25) is 4.40 Å². The van der Waals surface area contributed by atoms with Gasteiger partial charge in [-0.2, -0.15) is 0 Å². The molecule has 20 heavy (non-hydrogen) atoms. The van der Waals surface area contributed by atoms with Gasteiger partial charge in [0, 0.05) is 23.8 Å². The van der Waals surface area contributed by atoms with E-state index in [1.165, 1.54) is 5.56 Å². The molecule has 0 aliphatic carbocycles. The minimum absolute atomic E-state index is 0.0183. The highest BCUT2D eigenvalue weighted by Crippen LogP contribution is 2.30. The summed E-state index contributed by atoms with van der Waals surface area (Å²) in [6.07, 6.45) is 1.95. The molecule has 0 unspecified atom stereocenters. The Bertz CT molecular complexity index is 732. The average molecular weight is 287 g/mol. The van der Waals surface area contributed by atoms with Crippen molar-refractivity contribution in [2.45, 2.75) is 20.5 Å². The van der Waals surface area contributed by atoms with Crippen molar-refractivity contribution in [2.75, 3.05) is 11.4 Å². The largest absolute Gasteiger partial charge is 0.390 e. The van der Waals surface area contributed by atoms with Crippen LogP contribution in [0.4, 0.5) is 11.5 Å². The van der Waals surface area contributed by atoms with Crippen molar-refractivity contribution in [1.82, 2.24) is 9.38 Å². The zero-order valence-electron chi connectivity index (χ0n) is 11.6. The van der Waals surface area contributed by atoms with Gasteiger partial charge in [-0.05, 0) is 31.5 Å². The summed E-state index contributed by atoms with van der Waals surface area (Å²) in [5, 5.41) is 11.7. The summed E-state index contributed by atoms with van der Waals surface area (Å²) in [4.78, 5) is 7.72. The van der Waals surface area contributed by atoms with Gasteiger partial charge in [0.25, 0.3) is 0 Å². The fraction of sp³-hybridized carbons (Fsp3) is 0.267. The third kappa shape index (κ3) is 2.09. The highest BCUT2D eigenvalue weighted by Gasteiger charge is 2.18. The van der Waals surface area contributed by atoms with Gasteiger partial charge in [0.15, 0.2) is 10.8 Å². The number of hydrogen-bond acceptors (Lipinski definition) is 4. The SMILES string of the molecule is CCN(c1cccc(C)c1)c1nc2sccn2c1CO. The predicted octanol–water partition coefficient (Wildman–Crippen LogP) is 3.35. The molecule has 0 saturated carbocycles. The molecule has 0 aliphatic rings. The normalized spacial score (nSPS) is 11.2. The maximum Gasteiger partial charge on any atom is 0.195 e. The predicted molar refractivity (Wildman–Crippen MR) is 82.9 cm³/mol. The van der Waals surface area contributed by atoms with E-state index in [0.29, 0.717) is 0 Å². The maximum atomic E-state index is 9.69. The van der Waals surface area contributed by atoms with Crippen LogP contribution in [0.2, 0.25) is 0 Å². The van der Waals surface area contributed by atoms with Gasteiger partial charge < -0.3 is 10.0 Å². The number of aryl methyl sites for hydroxylation is 1. The average Bonchev–Trinajstić information content (AvgIpc) is 3.00. The summed E-state index contributed by atoms with van der Waals surface area (Å²) in [5.41, 5.74) is 3.16. The second kappa shape index (κ2) is 5.26. The van der Waals surface area contributed by atoms with Gasteiger partial charge in [-0.25, -0.2) is 4.98 Å². The fourth-order valence-corrected chi connectivity index (χ4v) is 3.16. The summed E-state index contributed by atoms with van der Waals surface area (Å²) in [6.45, 7) is 4.96. The molecule has 0 atom stereocenters. The fourth-order valence-electron chi connectivity index (χ4n) is 2.43. The van der Waals surface area contributed by atoms with Crippen LogP contribution in [0.5, 0.6) is 0 Å². The van der Waals surface area contributed by atoms with Crippen molar-refractivity contribution in [3.05, 3.63) is 47.1 Å². The minimum Gasteiger partial charge on any atom is -0.390 e. The maximum absolute atomic E-state index is 9.69. The van der Waals surface area contributed by atoms with E-state index < -0.39 is 0 Å². The van der Waals surface area contributed by atoms with Gasteiger partial charge in [-0.1, -0.05) is 12.1 Å². The van der Waals surface area contributed by atoms with Gasteiger partial charge in [0.1, 0.15) is 0 Å². The van der Waals surface area contributed by atoms with E-state index in [1.807, 2.05) is 22.0 Å². The summed E-state index contributed by atoms with van der Waals surface area (Å²) in [5.74, 6) is 0.840. The van der Waals surface area contributed by atoms with Gasteiger partial charge in [-0.15, -0.1) is 11.3 Å². The molecule has 0 radical (unpaired) electrons. The second-order valence-electron chi connectivity index (χ2n) is 4.68. The lowest BCUT2D eigenvalue weighted by Crippen LogP contribution is -2.18. The van der Waals surface area contributed by atoms with Crippen molar-refractivity contribution in [3.63, 3.8) is 0 Å². The standard InChI is InChI=1S/C15H17N3OS/c1-3-17(12-6-4-5-11(2)9-12)14-13(10-19)18-7-8-20-15(18)16-14/h4-9,19H,3,10H2,1-2H3. The highest BCUT2D eigenvalue weighted by molar-refractivity contribution is 7.15. The Morgan fingerprint density at radius 1 is 1.40 bits per heavy atom. The first-order chi connectivity index (χ1) is 9.74. The summed E-state index contributed by atoms with van der Waals surface area (Å²) in [6, 6.07) is 8.34. The second-order valence-corrected chi connectivity index (χ2v) is 5.55. The van der Waals surface area contributed by atoms with Crippen molar-refractivity contribution in [3.8, 4) is 0 Å². The number of anilines is 2. The van der Waals surface area contributed by atoms with Crippen LogP contribution in [0.15, 0.2) is 35.8 Å². The summed E-state index contributed by atoms with van der Waals surface area (Å²) >= 11 is 1.58. The highest BCUT2D eigenvalue weighted by atomic mass is 32.1. The van der Waals surface area contributed by atoms with Crippen molar-refractivity contribution in [1.29, 1.82) is 0 Å². The molecule has 0 amide bonds. The Hall–Kier alpha value is -1.85. The van der Waals surface area contributed by atoms with Crippen molar-refractivity contribution in [2.24, 2.45) is 0 Å². The first-order valence-electron chi connectivity index (χ1n) is 6.64. The monoisotopic (exact) mass is 287 g/mol. The number of fused-ring (bicyclic) bond motifs is 1. The number of rotatable bonds is 4. The van der Waals surface area contributed by atoms with E-state index >= 15 is 0 Å². The minimum atomic E-state index is -0.0183. The van der Waals surface area contributed by atoms with E-state index in [2.05, 4.69) is 41.9 Å². The van der Waals surface area contributed by atoms with Gasteiger partial charge in [0.05, 0.1) is 12.3 Å². The molecule has 4 nitrogen and oxygen atoms in total. The van der Waals surface area contributed by atoms with E-state index in [1.54, 1.807) is 11.3 Å². The van der Waals surface area contributed by atoms with Crippen LogP contribution in [0.1, 0.15) is 18.2 Å². The van der Waals surface area contributed by atoms with E-state index in [4.69, 9.17) is 0 Å². The summed E-state index contributed by atoms with van der Waals surface area (Å²) in [7, 11) is 0. The Morgan fingerprint density at radius 3 is 2.95 bits per heavy atom. The Kier molecular flexibility index (Phi) is 3.46. The van der Waals surface area contributed by atoms with Crippen LogP contribution in [0, 0.1) is 6.92 Å².